The van der Waals surface area contributed by atoms with Gasteiger partial charge in [0, 0.05) is 10.9 Å². The van der Waals surface area contributed by atoms with Crippen LogP contribution in [0.15, 0.2) is 18.2 Å². The van der Waals surface area contributed by atoms with E-state index in [1.54, 1.807) is 18.2 Å². The summed E-state index contributed by atoms with van der Waals surface area (Å²) in [6.45, 7) is -0.0506. The zero-order valence-electron chi connectivity index (χ0n) is 10.5. The average Bonchev–Trinajstić information content (AvgIpc) is 3.20. The zero-order valence-corrected chi connectivity index (χ0v) is 11.3. The lowest BCUT2D eigenvalue weighted by Crippen LogP contribution is -2.33. The Morgan fingerprint density at radius 2 is 2.16 bits per heavy atom. The van der Waals surface area contributed by atoms with Gasteiger partial charge in [-0.15, -0.1) is 0 Å². The molecule has 1 fully saturated rings. The Morgan fingerprint density at radius 1 is 1.42 bits per heavy atom. The Balaban J connectivity index is 1.90. The first-order chi connectivity index (χ1) is 9.10. The minimum absolute atomic E-state index is 0.0506. The van der Waals surface area contributed by atoms with Crippen molar-refractivity contribution in [1.82, 2.24) is 5.32 Å². The first kappa shape index (κ1) is 13.7. The molecule has 0 unspecified atom stereocenters. The maximum Gasteiger partial charge on any atom is 0.243 e. The number of carbonyl (C=O) groups excluding carboxylic acids is 2. The van der Waals surface area contributed by atoms with E-state index in [0.717, 1.165) is 12.8 Å². The number of halogens is 1. The Labute approximate surface area is 116 Å². The molecule has 0 aromatic heterocycles. The third kappa shape index (κ3) is 3.86. The normalized spacial score (nSPS) is 13.8. The fourth-order valence-electron chi connectivity index (χ4n) is 1.63. The highest BCUT2D eigenvalue weighted by atomic mass is 35.5. The number of methoxy groups -OCH3 is 1. The second kappa shape index (κ2) is 5.93. The maximum absolute atomic E-state index is 11.7. The summed E-state index contributed by atoms with van der Waals surface area (Å²) in [6, 6.07) is 4.94. The number of rotatable bonds is 5. The minimum Gasteiger partial charge on any atom is -0.495 e. The van der Waals surface area contributed by atoms with Crippen molar-refractivity contribution in [3.63, 3.8) is 0 Å². The number of hydrogen-bond acceptors (Lipinski definition) is 3. The van der Waals surface area contributed by atoms with Crippen LogP contribution in [0.1, 0.15) is 12.8 Å². The van der Waals surface area contributed by atoms with Crippen LogP contribution >= 0.6 is 11.6 Å². The van der Waals surface area contributed by atoms with E-state index in [-0.39, 0.29) is 24.3 Å². The third-order valence-corrected chi connectivity index (χ3v) is 3.04. The van der Waals surface area contributed by atoms with E-state index in [1.165, 1.54) is 7.11 Å². The van der Waals surface area contributed by atoms with Gasteiger partial charge in [0.1, 0.15) is 5.75 Å². The highest BCUT2D eigenvalue weighted by Gasteiger charge is 2.29. The monoisotopic (exact) mass is 282 g/mol. The molecule has 0 aliphatic heterocycles. The smallest absolute Gasteiger partial charge is 0.243 e. The molecule has 19 heavy (non-hydrogen) atoms. The van der Waals surface area contributed by atoms with Gasteiger partial charge in [-0.2, -0.15) is 0 Å². The molecule has 0 saturated heterocycles. The zero-order chi connectivity index (χ0) is 13.8. The first-order valence-electron chi connectivity index (χ1n) is 6.01. The van der Waals surface area contributed by atoms with Crippen LogP contribution in [0.2, 0.25) is 5.02 Å². The van der Waals surface area contributed by atoms with Crippen molar-refractivity contribution in [3.05, 3.63) is 23.2 Å². The van der Waals surface area contributed by atoms with Gasteiger partial charge in [-0.25, -0.2) is 0 Å². The summed E-state index contributed by atoms with van der Waals surface area (Å²) in [5.41, 5.74) is 0.487. The van der Waals surface area contributed by atoms with Gasteiger partial charge in [-0.05, 0) is 31.0 Å². The molecule has 1 aromatic carbocycles. The Bertz CT molecular complexity index is 501. The molecule has 5 nitrogen and oxygen atoms in total. The Morgan fingerprint density at radius 3 is 2.79 bits per heavy atom. The molecule has 2 amide bonds. The van der Waals surface area contributed by atoms with E-state index in [0.29, 0.717) is 16.5 Å². The standard InChI is InChI=1S/C13H15ClN2O3/c1-19-11-5-4-9(14)6-10(11)16-12(17)7-15-13(18)8-2-3-8/h4-6,8H,2-3,7H2,1H3,(H,15,18)(H,16,17). The molecule has 0 bridgehead atoms. The van der Waals surface area contributed by atoms with Crippen molar-refractivity contribution in [3.8, 4) is 5.75 Å². The summed E-state index contributed by atoms with van der Waals surface area (Å²) in [5, 5.41) is 5.74. The highest BCUT2D eigenvalue weighted by molar-refractivity contribution is 6.31. The largest absolute Gasteiger partial charge is 0.495 e. The predicted molar refractivity (Wildman–Crippen MR) is 72.4 cm³/mol. The van der Waals surface area contributed by atoms with Crippen LogP contribution in [0.4, 0.5) is 5.69 Å². The molecule has 6 heteroatoms. The van der Waals surface area contributed by atoms with Gasteiger partial charge in [0.25, 0.3) is 0 Å². The highest BCUT2D eigenvalue weighted by Crippen LogP contribution is 2.29. The Hall–Kier alpha value is -1.75. The molecule has 2 rings (SSSR count). The molecule has 0 spiro atoms. The quantitative estimate of drug-likeness (QED) is 0.865. The van der Waals surface area contributed by atoms with Crippen LogP contribution in [0.5, 0.6) is 5.75 Å². The molecule has 1 aromatic rings. The van der Waals surface area contributed by atoms with Crippen molar-refractivity contribution in [1.29, 1.82) is 0 Å². The summed E-state index contributed by atoms with van der Waals surface area (Å²) in [7, 11) is 1.51. The number of benzene rings is 1. The summed E-state index contributed by atoms with van der Waals surface area (Å²) < 4.78 is 5.11. The number of anilines is 1. The van der Waals surface area contributed by atoms with Crippen molar-refractivity contribution < 1.29 is 14.3 Å². The van der Waals surface area contributed by atoms with Crippen molar-refractivity contribution >= 4 is 29.1 Å². The van der Waals surface area contributed by atoms with E-state index in [4.69, 9.17) is 16.3 Å². The van der Waals surface area contributed by atoms with Gasteiger partial charge in [0.15, 0.2) is 0 Å². The van der Waals surface area contributed by atoms with Gasteiger partial charge in [-0.3, -0.25) is 9.59 Å². The molecule has 0 atom stereocenters. The first-order valence-corrected chi connectivity index (χ1v) is 6.39. The molecule has 1 aliphatic rings. The number of hydrogen-bond donors (Lipinski definition) is 2. The molecular formula is C13H15ClN2O3. The lowest BCUT2D eigenvalue weighted by Gasteiger charge is -2.11. The molecule has 1 saturated carbocycles. The van der Waals surface area contributed by atoms with Crippen LogP contribution < -0.4 is 15.4 Å². The second-order valence-corrected chi connectivity index (χ2v) is 4.82. The van der Waals surface area contributed by atoms with Gasteiger partial charge in [-0.1, -0.05) is 11.6 Å². The van der Waals surface area contributed by atoms with Crippen molar-refractivity contribution in [2.45, 2.75) is 12.8 Å². The van der Waals surface area contributed by atoms with Crippen LogP contribution in [0.3, 0.4) is 0 Å². The summed E-state index contributed by atoms with van der Waals surface area (Å²) >= 11 is 5.86. The Kier molecular flexibility index (Phi) is 4.27. The molecular weight excluding hydrogens is 268 g/mol. The molecule has 1 aliphatic carbocycles. The fraction of sp³-hybridized carbons (Fsp3) is 0.385. The summed E-state index contributed by atoms with van der Waals surface area (Å²) in [5.74, 6) is 0.238. The topological polar surface area (TPSA) is 67.4 Å². The lowest BCUT2D eigenvalue weighted by molar-refractivity contribution is -0.125. The summed E-state index contributed by atoms with van der Waals surface area (Å²) in [4.78, 5) is 23.1. The number of amides is 2. The average molecular weight is 283 g/mol. The minimum atomic E-state index is -0.311. The SMILES string of the molecule is COc1ccc(Cl)cc1NC(=O)CNC(=O)C1CC1. The maximum atomic E-state index is 11.7. The summed E-state index contributed by atoms with van der Waals surface area (Å²) in [6.07, 6.45) is 1.82. The number of carbonyl (C=O) groups is 2. The van der Waals surface area contributed by atoms with Gasteiger partial charge >= 0.3 is 0 Å². The number of nitrogens with one attached hydrogen (secondary N) is 2. The fourth-order valence-corrected chi connectivity index (χ4v) is 1.80. The van der Waals surface area contributed by atoms with E-state index in [9.17, 15) is 9.59 Å². The van der Waals surface area contributed by atoms with E-state index < -0.39 is 0 Å². The second-order valence-electron chi connectivity index (χ2n) is 4.38. The molecule has 0 heterocycles. The van der Waals surface area contributed by atoms with E-state index in [1.807, 2.05) is 0 Å². The lowest BCUT2D eigenvalue weighted by atomic mass is 10.3. The van der Waals surface area contributed by atoms with Crippen LogP contribution in [-0.2, 0) is 9.59 Å². The van der Waals surface area contributed by atoms with Crippen LogP contribution in [0.25, 0.3) is 0 Å². The van der Waals surface area contributed by atoms with E-state index >= 15 is 0 Å². The van der Waals surface area contributed by atoms with Crippen molar-refractivity contribution in [2.24, 2.45) is 5.92 Å². The van der Waals surface area contributed by atoms with Crippen molar-refractivity contribution in [2.75, 3.05) is 19.0 Å². The number of ether oxygens (including phenoxy) is 1. The molecule has 2 N–H and O–H groups in total. The van der Waals surface area contributed by atoms with Crippen LogP contribution in [0, 0.1) is 5.92 Å². The van der Waals surface area contributed by atoms with Gasteiger partial charge in [0.2, 0.25) is 11.8 Å². The van der Waals surface area contributed by atoms with Gasteiger partial charge in [0.05, 0.1) is 19.3 Å². The van der Waals surface area contributed by atoms with E-state index in [2.05, 4.69) is 10.6 Å². The third-order valence-electron chi connectivity index (χ3n) is 2.81. The van der Waals surface area contributed by atoms with Crippen LogP contribution in [-0.4, -0.2) is 25.5 Å². The van der Waals surface area contributed by atoms with Gasteiger partial charge < -0.3 is 15.4 Å². The molecule has 0 radical (unpaired) electrons. The predicted octanol–water partition coefficient (Wildman–Crippen LogP) is 1.81. The molecule has 102 valence electrons.